The summed E-state index contributed by atoms with van der Waals surface area (Å²) in [7, 11) is 0. The van der Waals surface area contributed by atoms with E-state index in [1.54, 1.807) is 0 Å². The second kappa shape index (κ2) is 4.42. The molecule has 0 N–H and O–H groups in total. The van der Waals surface area contributed by atoms with Gasteiger partial charge in [0.05, 0.1) is 0 Å². The van der Waals surface area contributed by atoms with Gasteiger partial charge in [-0.2, -0.15) is 0 Å². The van der Waals surface area contributed by atoms with Crippen LogP contribution in [0.4, 0.5) is 0 Å². The van der Waals surface area contributed by atoms with Crippen molar-refractivity contribution < 1.29 is 0 Å². The Morgan fingerprint density at radius 2 is 1.56 bits per heavy atom. The molecule has 2 rings (SSSR count). The second-order valence-corrected chi connectivity index (χ2v) is 5.50. The van der Waals surface area contributed by atoms with Gasteiger partial charge in [-0.05, 0) is 38.3 Å². The first-order chi connectivity index (χ1) is 7.57. The van der Waals surface area contributed by atoms with Crippen LogP contribution in [0.1, 0.15) is 27.2 Å². The highest BCUT2D eigenvalue weighted by molar-refractivity contribution is 5.41. The summed E-state index contributed by atoms with van der Waals surface area (Å²) in [6.45, 7) is 9.13. The van der Waals surface area contributed by atoms with Crippen molar-refractivity contribution in [3.63, 3.8) is 0 Å². The molecule has 0 radical (unpaired) electrons. The smallest absolute Gasteiger partial charge is 0.0241 e. The van der Waals surface area contributed by atoms with Gasteiger partial charge in [-0.15, -0.1) is 0 Å². The van der Waals surface area contributed by atoms with Crippen molar-refractivity contribution in [1.29, 1.82) is 0 Å². The zero-order valence-corrected chi connectivity index (χ0v) is 10.5. The molecule has 1 nitrogen and oxygen atoms in total. The summed E-state index contributed by atoms with van der Waals surface area (Å²) in [6, 6.07) is 0. The van der Waals surface area contributed by atoms with E-state index >= 15 is 0 Å². The van der Waals surface area contributed by atoms with Crippen molar-refractivity contribution in [2.45, 2.75) is 32.7 Å². The third kappa shape index (κ3) is 2.53. The Morgan fingerprint density at radius 1 is 0.938 bits per heavy atom. The van der Waals surface area contributed by atoms with Gasteiger partial charge in [0.2, 0.25) is 0 Å². The molecule has 0 bridgehead atoms. The fourth-order valence-corrected chi connectivity index (χ4v) is 2.20. The molecule has 1 heteroatoms. The summed E-state index contributed by atoms with van der Waals surface area (Å²) in [6.07, 6.45) is 14.2. The van der Waals surface area contributed by atoms with E-state index in [4.69, 9.17) is 0 Å². The van der Waals surface area contributed by atoms with Crippen LogP contribution in [0.25, 0.3) is 0 Å². The minimum absolute atomic E-state index is 0.272. The number of nitrogens with zero attached hydrogens (tertiary/aromatic N) is 1. The summed E-state index contributed by atoms with van der Waals surface area (Å²) in [5, 5.41) is 0. The molecule has 0 aromatic carbocycles. The molecule has 2 aliphatic rings. The van der Waals surface area contributed by atoms with Crippen LogP contribution in [-0.2, 0) is 0 Å². The number of hydrogen-bond acceptors (Lipinski definition) is 1. The molecule has 1 heterocycles. The Balaban J connectivity index is 2.20. The Kier molecular flexibility index (Phi) is 3.15. The molecule has 1 aliphatic carbocycles. The van der Waals surface area contributed by atoms with Gasteiger partial charge in [0.1, 0.15) is 0 Å². The largest absolute Gasteiger partial charge is 0.294 e. The van der Waals surface area contributed by atoms with Crippen LogP contribution in [0, 0.1) is 0 Å². The average Bonchev–Trinajstić information content (AvgIpc) is 2.16. The SMILES string of the molecule is CC(C)(C)N1CCC2=C/C=C\C=C/C=C2C1. The van der Waals surface area contributed by atoms with Crippen LogP contribution < -0.4 is 0 Å². The third-order valence-corrected chi connectivity index (χ3v) is 3.30. The van der Waals surface area contributed by atoms with Gasteiger partial charge in [-0.25, -0.2) is 0 Å². The Morgan fingerprint density at radius 3 is 2.19 bits per heavy atom. The van der Waals surface area contributed by atoms with Gasteiger partial charge in [0.15, 0.2) is 0 Å². The lowest BCUT2D eigenvalue weighted by molar-refractivity contribution is 0.143. The maximum absolute atomic E-state index is 2.55. The van der Waals surface area contributed by atoms with Crippen LogP contribution in [0.2, 0.25) is 0 Å². The Labute approximate surface area is 98.8 Å². The predicted octanol–water partition coefficient (Wildman–Crippen LogP) is 3.47. The fourth-order valence-electron chi connectivity index (χ4n) is 2.20. The predicted molar refractivity (Wildman–Crippen MR) is 70.4 cm³/mol. The lowest BCUT2D eigenvalue weighted by Crippen LogP contribution is -2.45. The molecule has 0 unspecified atom stereocenters. The molecule has 0 aromatic rings. The number of piperidine rings is 1. The fraction of sp³-hybridized carbons (Fsp3) is 0.467. The van der Waals surface area contributed by atoms with Gasteiger partial charge < -0.3 is 0 Å². The Bertz CT molecular complexity index is 375. The molecular weight excluding hydrogens is 194 g/mol. The van der Waals surface area contributed by atoms with Crippen molar-refractivity contribution in [2.24, 2.45) is 0 Å². The molecule has 16 heavy (non-hydrogen) atoms. The molecule has 1 aliphatic heterocycles. The first-order valence-electron chi connectivity index (χ1n) is 6.06. The highest BCUT2D eigenvalue weighted by atomic mass is 15.2. The molecule has 1 fully saturated rings. The van der Waals surface area contributed by atoms with Crippen molar-refractivity contribution >= 4 is 0 Å². The summed E-state index contributed by atoms with van der Waals surface area (Å²) < 4.78 is 0. The highest BCUT2D eigenvalue weighted by Crippen LogP contribution is 2.27. The first-order valence-corrected chi connectivity index (χ1v) is 6.06. The lowest BCUT2D eigenvalue weighted by atomic mass is 9.92. The molecule has 0 saturated carbocycles. The number of hydrogen-bond donors (Lipinski definition) is 0. The third-order valence-electron chi connectivity index (χ3n) is 3.30. The van der Waals surface area contributed by atoms with Crippen LogP contribution in [0.5, 0.6) is 0 Å². The molecule has 86 valence electrons. The van der Waals surface area contributed by atoms with Crippen molar-refractivity contribution in [3.8, 4) is 0 Å². The van der Waals surface area contributed by atoms with E-state index < -0.39 is 0 Å². The first kappa shape index (κ1) is 11.4. The zero-order chi connectivity index (χ0) is 11.6. The highest BCUT2D eigenvalue weighted by Gasteiger charge is 2.26. The molecule has 0 spiro atoms. The Hall–Kier alpha value is -1.08. The van der Waals surface area contributed by atoms with E-state index in [2.05, 4.69) is 62.1 Å². The van der Waals surface area contributed by atoms with Crippen molar-refractivity contribution in [1.82, 2.24) is 4.90 Å². The van der Waals surface area contributed by atoms with Gasteiger partial charge in [0.25, 0.3) is 0 Å². The van der Waals surface area contributed by atoms with Crippen LogP contribution in [0.3, 0.4) is 0 Å². The number of likely N-dealkylation sites (tertiary alicyclic amines) is 1. The van der Waals surface area contributed by atoms with Crippen LogP contribution in [-0.4, -0.2) is 23.5 Å². The van der Waals surface area contributed by atoms with Gasteiger partial charge in [-0.3, -0.25) is 4.90 Å². The standard InChI is InChI=1S/C15H21N/c1-15(2,3)16-11-10-13-8-6-4-5-7-9-14(13)12-16/h4-9H,10-12H2,1-3H3/b5-4?,6-4-,7-5-,8-6?,9-7?,13-8?,14-9?. The van der Waals surface area contributed by atoms with Crippen molar-refractivity contribution in [2.75, 3.05) is 13.1 Å². The monoisotopic (exact) mass is 215 g/mol. The molecule has 0 amide bonds. The summed E-state index contributed by atoms with van der Waals surface area (Å²) in [4.78, 5) is 2.55. The van der Waals surface area contributed by atoms with E-state index in [0.717, 1.165) is 6.54 Å². The molecular formula is C15H21N. The van der Waals surface area contributed by atoms with Crippen LogP contribution in [0.15, 0.2) is 47.6 Å². The van der Waals surface area contributed by atoms with Crippen molar-refractivity contribution in [3.05, 3.63) is 47.6 Å². The molecule has 0 atom stereocenters. The minimum atomic E-state index is 0.272. The number of rotatable bonds is 0. The van der Waals surface area contributed by atoms with Gasteiger partial charge in [0, 0.05) is 18.6 Å². The molecule has 0 aromatic heterocycles. The zero-order valence-electron chi connectivity index (χ0n) is 10.5. The maximum Gasteiger partial charge on any atom is 0.0241 e. The topological polar surface area (TPSA) is 3.24 Å². The normalized spacial score (nSPS) is 25.9. The minimum Gasteiger partial charge on any atom is -0.294 e. The lowest BCUT2D eigenvalue weighted by Gasteiger charge is -2.40. The van der Waals surface area contributed by atoms with E-state index in [-0.39, 0.29) is 5.54 Å². The number of allylic oxidation sites excluding steroid dienone is 6. The summed E-state index contributed by atoms with van der Waals surface area (Å²) >= 11 is 0. The van der Waals surface area contributed by atoms with E-state index in [0.29, 0.717) is 0 Å². The number of fused-ring (bicyclic) bond motifs is 1. The second-order valence-electron chi connectivity index (χ2n) is 5.50. The maximum atomic E-state index is 2.55. The molecule has 1 saturated heterocycles. The quantitative estimate of drug-likeness (QED) is 0.598. The van der Waals surface area contributed by atoms with Gasteiger partial charge in [-0.1, -0.05) is 36.5 Å². The van der Waals surface area contributed by atoms with Gasteiger partial charge >= 0.3 is 0 Å². The van der Waals surface area contributed by atoms with E-state index in [1.165, 1.54) is 24.1 Å². The van der Waals surface area contributed by atoms with E-state index in [9.17, 15) is 0 Å². The van der Waals surface area contributed by atoms with E-state index in [1.807, 2.05) is 0 Å². The summed E-state index contributed by atoms with van der Waals surface area (Å²) in [5.41, 5.74) is 3.25. The van der Waals surface area contributed by atoms with Crippen LogP contribution >= 0.6 is 0 Å². The average molecular weight is 215 g/mol. The summed E-state index contributed by atoms with van der Waals surface area (Å²) in [5.74, 6) is 0.